The van der Waals surface area contributed by atoms with E-state index in [4.69, 9.17) is 5.73 Å². The highest BCUT2D eigenvalue weighted by Gasteiger charge is 2.13. The minimum absolute atomic E-state index is 0.196. The van der Waals surface area contributed by atoms with E-state index in [2.05, 4.69) is 10.0 Å². The molecule has 1 amide bonds. The maximum absolute atomic E-state index is 12.5. The maximum atomic E-state index is 12.5. The number of benzene rings is 3. The standard InChI is InChI=1S/C26H23N3O3S2/c1-18-4-12-22(13-5-18)34(31,32)29-21-10-6-19(7-11-21)8-15-26(30)28-24-17-20(9-14-23(24)27)25-3-2-16-33-25/h2-17,29H,27H2,1H3,(H,28,30). The molecule has 0 saturated carbocycles. The molecule has 4 aromatic rings. The van der Waals surface area contributed by atoms with Crippen molar-refractivity contribution in [1.82, 2.24) is 0 Å². The largest absolute Gasteiger partial charge is 0.397 e. The number of thiophene rings is 1. The number of hydrogen-bond acceptors (Lipinski definition) is 5. The van der Waals surface area contributed by atoms with Gasteiger partial charge in [0, 0.05) is 16.6 Å². The molecule has 0 bridgehead atoms. The molecule has 4 rings (SSSR count). The van der Waals surface area contributed by atoms with Crippen molar-refractivity contribution in [1.29, 1.82) is 0 Å². The number of anilines is 3. The SMILES string of the molecule is Cc1ccc(S(=O)(=O)Nc2ccc(C=CC(=O)Nc3cc(-c4cccs4)ccc3N)cc2)cc1. The fourth-order valence-electron chi connectivity index (χ4n) is 3.20. The molecule has 172 valence electrons. The number of amides is 1. The fourth-order valence-corrected chi connectivity index (χ4v) is 4.98. The van der Waals surface area contributed by atoms with Crippen LogP contribution >= 0.6 is 11.3 Å². The van der Waals surface area contributed by atoms with Crippen molar-refractivity contribution >= 4 is 50.4 Å². The Morgan fingerprint density at radius 2 is 1.71 bits per heavy atom. The summed E-state index contributed by atoms with van der Waals surface area (Å²) in [5, 5.41) is 4.80. The van der Waals surface area contributed by atoms with Crippen molar-refractivity contribution < 1.29 is 13.2 Å². The molecular weight excluding hydrogens is 466 g/mol. The molecule has 0 aliphatic rings. The van der Waals surface area contributed by atoms with Crippen LogP contribution in [0.1, 0.15) is 11.1 Å². The van der Waals surface area contributed by atoms with Gasteiger partial charge in [0.25, 0.3) is 10.0 Å². The molecule has 0 aliphatic heterocycles. The summed E-state index contributed by atoms with van der Waals surface area (Å²) in [4.78, 5) is 13.7. The van der Waals surface area contributed by atoms with E-state index >= 15 is 0 Å². The van der Waals surface area contributed by atoms with Gasteiger partial charge in [0.05, 0.1) is 16.3 Å². The molecule has 0 radical (unpaired) electrons. The van der Waals surface area contributed by atoms with E-state index in [1.807, 2.05) is 36.6 Å². The minimum Gasteiger partial charge on any atom is -0.397 e. The van der Waals surface area contributed by atoms with Gasteiger partial charge in [-0.2, -0.15) is 0 Å². The smallest absolute Gasteiger partial charge is 0.261 e. The number of aryl methyl sites for hydroxylation is 1. The van der Waals surface area contributed by atoms with Crippen LogP contribution in [0.4, 0.5) is 17.1 Å². The zero-order valence-electron chi connectivity index (χ0n) is 18.4. The molecular formula is C26H23N3O3S2. The first kappa shape index (κ1) is 23.3. The number of nitrogens with one attached hydrogen (secondary N) is 2. The number of carbonyl (C=O) groups excluding carboxylic acids is 1. The third kappa shape index (κ3) is 5.72. The lowest BCUT2D eigenvalue weighted by Crippen LogP contribution is -2.12. The van der Waals surface area contributed by atoms with Crippen LogP contribution in [0, 0.1) is 6.92 Å². The molecule has 1 aromatic heterocycles. The van der Waals surface area contributed by atoms with Gasteiger partial charge in [-0.1, -0.05) is 42.0 Å². The van der Waals surface area contributed by atoms with Crippen LogP contribution in [0.5, 0.6) is 0 Å². The first-order chi connectivity index (χ1) is 16.3. The predicted molar refractivity (Wildman–Crippen MR) is 140 cm³/mol. The van der Waals surface area contributed by atoms with Gasteiger partial charge in [-0.05, 0) is 72.0 Å². The lowest BCUT2D eigenvalue weighted by Gasteiger charge is -2.09. The van der Waals surface area contributed by atoms with Crippen molar-refractivity contribution in [2.45, 2.75) is 11.8 Å². The van der Waals surface area contributed by atoms with Crippen LogP contribution in [0.15, 0.2) is 95.2 Å². The molecule has 34 heavy (non-hydrogen) atoms. The second kappa shape index (κ2) is 9.94. The van der Waals surface area contributed by atoms with Crippen molar-refractivity contribution in [3.8, 4) is 10.4 Å². The molecule has 0 atom stereocenters. The van der Waals surface area contributed by atoms with Crippen LogP contribution in [-0.2, 0) is 14.8 Å². The van der Waals surface area contributed by atoms with Crippen molar-refractivity contribution in [3.05, 3.63) is 101 Å². The predicted octanol–water partition coefficient (Wildman–Crippen LogP) is 5.76. The summed E-state index contributed by atoms with van der Waals surface area (Å²) in [6, 6.07) is 22.9. The van der Waals surface area contributed by atoms with E-state index < -0.39 is 10.0 Å². The molecule has 4 N–H and O–H groups in total. The Hall–Kier alpha value is -3.88. The molecule has 0 saturated heterocycles. The molecule has 0 unspecified atom stereocenters. The summed E-state index contributed by atoms with van der Waals surface area (Å²) < 4.78 is 27.6. The summed E-state index contributed by atoms with van der Waals surface area (Å²) in [5.41, 5.74) is 10.2. The Kier molecular flexibility index (Phi) is 6.81. The zero-order valence-corrected chi connectivity index (χ0v) is 20.0. The molecule has 6 nitrogen and oxygen atoms in total. The summed E-state index contributed by atoms with van der Waals surface area (Å²) in [5.74, 6) is -0.320. The molecule has 8 heteroatoms. The summed E-state index contributed by atoms with van der Waals surface area (Å²) in [6.45, 7) is 1.90. The van der Waals surface area contributed by atoms with E-state index in [9.17, 15) is 13.2 Å². The van der Waals surface area contributed by atoms with Crippen molar-refractivity contribution in [2.24, 2.45) is 0 Å². The molecule has 0 aliphatic carbocycles. The first-order valence-electron chi connectivity index (χ1n) is 10.4. The number of rotatable bonds is 7. The number of nitrogen functional groups attached to an aromatic ring is 1. The Morgan fingerprint density at radius 3 is 2.38 bits per heavy atom. The van der Waals surface area contributed by atoms with Gasteiger partial charge in [0.1, 0.15) is 0 Å². The van der Waals surface area contributed by atoms with Crippen LogP contribution < -0.4 is 15.8 Å². The second-order valence-corrected chi connectivity index (χ2v) is 10.3. The Morgan fingerprint density at radius 1 is 0.971 bits per heavy atom. The van der Waals surface area contributed by atoms with E-state index in [0.717, 1.165) is 21.6 Å². The topological polar surface area (TPSA) is 101 Å². The van der Waals surface area contributed by atoms with Gasteiger partial charge in [0.2, 0.25) is 5.91 Å². The van der Waals surface area contributed by atoms with Crippen molar-refractivity contribution in [2.75, 3.05) is 15.8 Å². The number of hydrogen-bond donors (Lipinski definition) is 3. The van der Waals surface area contributed by atoms with E-state index in [1.54, 1.807) is 72.0 Å². The highest BCUT2D eigenvalue weighted by Crippen LogP contribution is 2.30. The highest BCUT2D eigenvalue weighted by molar-refractivity contribution is 7.92. The van der Waals surface area contributed by atoms with E-state index in [-0.39, 0.29) is 10.8 Å². The molecule has 0 spiro atoms. The van der Waals surface area contributed by atoms with Gasteiger partial charge in [-0.25, -0.2) is 8.42 Å². The van der Waals surface area contributed by atoms with Crippen LogP contribution in [-0.4, -0.2) is 14.3 Å². The lowest BCUT2D eigenvalue weighted by atomic mass is 10.1. The third-order valence-corrected chi connectivity index (χ3v) is 7.35. The number of nitrogens with two attached hydrogens (primary N) is 1. The van der Waals surface area contributed by atoms with Crippen LogP contribution in [0.3, 0.4) is 0 Å². The Labute approximate surface area is 202 Å². The average molecular weight is 490 g/mol. The molecule has 3 aromatic carbocycles. The van der Waals surface area contributed by atoms with E-state index in [0.29, 0.717) is 17.1 Å². The minimum atomic E-state index is -3.67. The number of carbonyl (C=O) groups is 1. The van der Waals surface area contributed by atoms with Gasteiger partial charge >= 0.3 is 0 Å². The third-order valence-electron chi connectivity index (χ3n) is 5.04. The van der Waals surface area contributed by atoms with Gasteiger partial charge in [0.15, 0.2) is 0 Å². The summed E-state index contributed by atoms with van der Waals surface area (Å²) >= 11 is 1.61. The van der Waals surface area contributed by atoms with Gasteiger partial charge in [-0.3, -0.25) is 9.52 Å². The quantitative estimate of drug-likeness (QED) is 0.227. The average Bonchev–Trinajstić information content (AvgIpc) is 3.35. The van der Waals surface area contributed by atoms with Gasteiger partial charge < -0.3 is 11.1 Å². The fraction of sp³-hybridized carbons (Fsp3) is 0.0385. The Balaban J connectivity index is 1.40. The lowest BCUT2D eigenvalue weighted by molar-refractivity contribution is -0.111. The van der Waals surface area contributed by atoms with Crippen LogP contribution in [0.25, 0.3) is 16.5 Å². The maximum Gasteiger partial charge on any atom is 0.261 e. The Bertz CT molecular complexity index is 1430. The monoisotopic (exact) mass is 489 g/mol. The molecule has 1 heterocycles. The first-order valence-corrected chi connectivity index (χ1v) is 12.8. The van der Waals surface area contributed by atoms with E-state index in [1.165, 1.54) is 6.08 Å². The van der Waals surface area contributed by atoms with Crippen LogP contribution in [0.2, 0.25) is 0 Å². The normalized spacial score (nSPS) is 11.4. The number of sulfonamides is 1. The summed E-state index contributed by atoms with van der Waals surface area (Å²) in [7, 11) is -3.67. The summed E-state index contributed by atoms with van der Waals surface area (Å²) in [6.07, 6.45) is 3.05. The molecule has 0 fully saturated rings. The van der Waals surface area contributed by atoms with Crippen molar-refractivity contribution in [3.63, 3.8) is 0 Å². The van der Waals surface area contributed by atoms with Gasteiger partial charge in [-0.15, -0.1) is 11.3 Å². The highest BCUT2D eigenvalue weighted by atomic mass is 32.2. The second-order valence-electron chi connectivity index (χ2n) is 7.64. The zero-order chi connectivity index (χ0) is 24.1.